The van der Waals surface area contributed by atoms with Crippen molar-refractivity contribution in [2.24, 2.45) is 5.92 Å². The molecule has 0 unspecified atom stereocenters. The van der Waals surface area contributed by atoms with E-state index >= 15 is 0 Å². The minimum atomic E-state index is -0.817. The van der Waals surface area contributed by atoms with E-state index in [1.165, 1.54) is 6.92 Å². The molecule has 0 bridgehead atoms. The normalized spacial score (nSPS) is 30.9. The van der Waals surface area contributed by atoms with Crippen LogP contribution in [0.4, 0.5) is 0 Å². The molecule has 1 saturated carbocycles. The van der Waals surface area contributed by atoms with Crippen LogP contribution in [0.3, 0.4) is 0 Å². The number of hydrogen-bond acceptors (Lipinski definition) is 4. The van der Waals surface area contributed by atoms with Crippen LogP contribution >= 0.6 is 0 Å². The van der Waals surface area contributed by atoms with E-state index in [0.717, 1.165) is 17.5 Å². The van der Waals surface area contributed by atoms with Crippen molar-refractivity contribution in [1.82, 2.24) is 0 Å². The summed E-state index contributed by atoms with van der Waals surface area (Å²) in [5, 5.41) is 0. The zero-order valence-corrected chi connectivity index (χ0v) is 13.3. The second kappa shape index (κ2) is 5.48. The molecule has 1 aliphatic heterocycles. The summed E-state index contributed by atoms with van der Waals surface area (Å²) in [6, 6.07) is 19.8. The Morgan fingerprint density at radius 2 is 1.71 bits per heavy atom. The third-order valence-electron chi connectivity index (χ3n) is 5.15. The molecule has 0 aromatic heterocycles. The van der Waals surface area contributed by atoms with Gasteiger partial charge in [0.15, 0.2) is 5.60 Å². The lowest BCUT2D eigenvalue weighted by Crippen LogP contribution is -2.52. The molecule has 4 rings (SSSR count). The molecule has 2 aromatic carbocycles. The number of fused-ring (bicyclic) bond motifs is 1. The minimum absolute atomic E-state index is 0.0654. The maximum absolute atomic E-state index is 12.4. The smallest absolute Gasteiger partial charge is 0.348 e. The molecule has 1 aliphatic carbocycles. The molecule has 2 aliphatic rings. The van der Waals surface area contributed by atoms with Gasteiger partial charge in [0.2, 0.25) is 6.10 Å². The van der Waals surface area contributed by atoms with Gasteiger partial charge in [-0.05, 0) is 17.5 Å². The van der Waals surface area contributed by atoms with Gasteiger partial charge in [0, 0.05) is 12.8 Å². The number of benzene rings is 2. The molecule has 0 spiro atoms. The van der Waals surface area contributed by atoms with Crippen molar-refractivity contribution in [1.29, 1.82) is 0 Å². The summed E-state index contributed by atoms with van der Waals surface area (Å²) in [6.45, 7) is 1.32. The molecular formula is C20H18O4. The SMILES string of the molecule is CC(=O)O[C@H]1C(=O)O[C@@]2(c3ccccc3)[C@H](c3ccccc3)C[C@@H]12. The molecule has 4 atom stereocenters. The first-order valence-corrected chi connectivity index (χ1v) is 8.13. The fourth-order valence-electron chi connectivity index (χ4n) is 4.14. The van der Waals surface area contributed by atoms with Gasteiger partial charge < -0.3 is 9.47 Å². The first kappa shape index (κ1) is 14.9. The van der Waals surface area contributed by atoms with Gasteiger partial charge in [-0.2, -0.15) is 0 Å². The van der Waals surface area contributed by atoms with Gasteiger partial charge in [0.1, 0.15) is 0 Å². The van der Waals surface area contributed by atoms with Crippen molar-refractivity contribution < 1.29 is 19.1 Å². The van der Waals surface area contributed by atoms with Crippen LogP contribution in [0.15, 0.2) is 60.7 Å². The summed E-state index contributed by atoms with van der Waals surface area (Å²) < 4.78 is 11.2. The van der Waals surface area contributed by atoms with Gasteiger partial charge in [-0.25, -0.2) is 4.79 Å². The molecule has 0 radical (unpaired) electrons. The summed E-state index contributed by atoms with van der Waals surface area (Å²) in [6.07, 6.45) is -0.0644. The Kier molecular flexibility index (Phi) is 3.41. The van der Waals surface area contributed by atoms with Gasteiger partial charge in [0.05, 0.1) is 5.92 Å². The van der Waals surface area contributed by atoms with E-state index < -0.39 is 23.6 Å². The van der Waals surface area contributed by atoms with Crippen LogP contribution in [0.25, 0.3) is 0 Å². The Hall–Kier alpha value is -2.62. The predicted octanol–water partition coefficient (Wildman–Crippen LogP) is 3.17. The standard InChI is InChI=1S/C20H18O4/c1-13(21)23-18-17-12-16(14-8-4-2-5-9-14)20(17,24-19(18)22)15-10-6-3-7-11-15/h2-11,16-18H,12H2,1H3/t16-,17-,18+,20-/m0/s1. The monoisotopic (exact) mass is 322 g/mol. The molecule has 24 heavy (non-hydrogen) atoms. The molecule has 122 valence electrons. The van der Waals surface area contributed by atoms with E-state index in [2.05, 4.69) is 12.1 Å². The van der Waals surface area contributed by atoms with Crippen LogP contribution in [-0.2, 0) is 24.7 Å². The van der Waals surface area contributed by atoms with E-state index in [4.69, 9.17) is 9.47 Å². The molecule has 2 aromatic rings. The van der Waals surface area contributed by atoms with Gasteiger partial charge in [-0.15, -0.1) is 0 Å². The quantitative estimate of drug-likeness (QED) is 0.815. The van der Waals surface area contributed by atoms with Crippen molar-refractivity contribution >= 4 is 11.9 Å². The van der Waals surface area contributed by atoms with Crippen LogP contribution in [-0.4, -0.2) is 18.0 Å². The number of carbonyl (C=O) groups is 2. The number of rotatable bonds is 3. The van der Waals surface area contributed by atoms with E-state index in [0.29, 0.717) is 0 Å². The average Bonchev–Trinajstić information content (AvgIpc) is 2.78. The summed E-state index contributed by atoms with van der Waals surface area (Å²) in [5.74, 6) is -0.987. The molecule has 0 amide bonds. The summed E-state index contributed by atoms with van der Waals surface area (Å²) in [5.41, 5.74) is 1.34. The minimum Gasteiger partial charge on any atom is -0.450 e. The van der Waals surface area contributed by atoms with Crippen molar-refractivity contribution in [2.45, 2.75) is 31.0 Å². The van der Waals surface area contributed by atoms with Crippen LogP contribution in [0.1, 0.15) is 30.4 Å². The molecule has 1 saturated heterocycles. The zero-order chi connectivity index (χ0) is 16.7. The average molecular weight is 322 g/mol. The van der Waals surface area contributed by atoms with E-state index in [-0.39, 0.29) is 11.8 Å². The first-order valence-electron chi connectivity index (χ1n) is 8.13. The highest BCUT2D eigenvalue weighted by Crippen LogP contribution is 2.64. The summed E-state index contributed by atoms with van der Waals surface area (Å²) in [7, 11) is 0. The molecular weight excluding hydrogens is 304 g/mol. The van der Waals surface area contributed by atoms with Crippen LogP contribution < -0.4 is 0 Å². The highest BCUT2D eigenvalue weighted by molar-refractivity contribution is 5.83. The second-order valence-corrected chi connectivity index (χ2v) is 6.42. The Balaban J connectivity index is 1.78. The Bertz CT molecular complexity index is 771. The maximum Gasteiger partial charge on any atom is 0.348 e. The van der Waals surface area contributed by atoms with Gasteiger partial charge in [-0.3, -0.25) is 4.79 Å². The lowest BCUT2D eigenvalue weighted by molar-refractivity contribution is -0.164. The highest BCUT2D eigenvalue weighted by atomic mass is 16.6. The van der Waals surface area contributed by atoms with Crippen molar-refractivity contribution in [3.63, 3.8) is 0 Å². The molecule has 1 heterocycles. The van der Waals surface area contributed by atoms with Gasteiger partial charge in [0.25, 0.3) is 0 Å². The van der Waals surface area contributed by atoms with Crippen LogP contribution in [0.2, 0.25) is 0 Å². The number of esters is 2. The summed E-state index contributed by atoms with van der Waals surface area (Å²) in [4.78, 5) is 23.8. The van der Waals surface area contributed by atoms with Crippen molar-refractivity contribution in [3.8, 4) is 0 Å². The van der Waals surface area contributed by atoms with Crippen LogP contribution in [0.5, 0.6) is 0 Å². The van der Waals surface area contributed by atoms with E-state index in [1.54, 1.807) is 0 Å². The maximum atomic E-state index is 12.4. The third-order valence-corrected chi connectivity index (χ3v) is 5.15. The Labute approximate surface area is 140 Å². The Morgan fingerprint density at radius 1 is 1.08 bits per heavy atom. The molecule has 0 N–H and O–H groups in total. The fraction of sp³-hybridized carbons (Fsp3) is 0.300. The molecule has 4 nitrogen and oxygen atoms in total. The largest absolute Gasteiger partial charge is 0.450 e. The van der Waals surface area contributed by atoms with Gasteiger partial charge in [-0.1, -0.05) is 60.7 Å². The third kappa shape index (κ3) is 2.06. The number of carbonyl (C=O) groups excluding carboxylic acids is 2. The fourth-order valence-corrected chi connectivity index (χ4v) is 4.14. The van der Waals surface area contributed by atoms with Crippen molar-refractivity contribution in [2.75, 3.05) is 0 Å². The topological polar surface area (TPSA) is 52.6 Å². The van der Waals surface area contributed by atoms with Crippen LogP contribution in [0, 0.1) is 5.92 Å². The molecule has 2 fully saturated rings. The Morgan fingerprint density at radius 3 is 2.33 bits per heavy atom. The first-order chi connectivity index (χ1) is 11.6. The predicted molar refractivity (Wildman–Crippen MR) is 87.1 cm³/mol. The van der Waals surface area contributed by atoms with E-state index in [1.807, 2.05) is 48.5 Å². The zero-order valence-electron chi connectivity index (χ0n) is 13.3. The summed E-state index contributed by atoms with van der Waals surface area (Å²) >= 11 is 0. The molecule has 4 heteroatoms. The highest BCUT2D eigenvalue weighted by Gasteiger charge is 2.69. The number of ether oxygens (including phenoxy) is 2. The van der Waals surface area contributed by atoms with Gasteiger partial charge >= 0.3 is 11.9 Å². The second-order valence-electron chi connectivity index (χ2n) is 6.42. The number of hydrogen-bond donors (Lipinski definition) is 0. The lowest BCUT2D eigenvalue weighted by atomic mass is 9.55. The van der Waals surface area contributed by atoms with E-state index in [9.17, 15) is 9.59 Å². The lowest BCUT2D eigenvalue weighted by Gasteiger charge is -2.51. The van der Waals surface area contributed by atoms with Crippen molar-refractivity contribution in [3.05, 3.63) is 71.8 Å².